The van der Waals surface area contributed by atoms with Gasteiger partial charge in [-0.3, -0.25) is 4.57 Å². The zero-order valence-electron chi connectivity index (χ0n) is 22.0. The summed E-state index contributed by atoms with van der Waals surface area (Å²) in [6.07, 6.45) is 11.3. The second-order valence-electron chi connectivity index (χ2n) is 9.45. The summed E-state index contributed by atoms with van der Waals surface area (Å²) in [5.74, 6) is 0.260. The average molecular weight is 531 g/mol. The molecule has 0 aromatic heterocycles. The van der Waals surface area contributed by atoms with Gasteiger partial charge in [0, 0.05) is 12.5 Å². The van der Waals surface area contributed by atoms with Crippen LogP contribution in [-0.2, 0) is 29.9 Å². The normalized spacial score (nSPS) is 19.0. The van der Waals surface area contributed by atoms with Crippen molar-refractivity contribution in [2.24, 2.45) is 5.92 Å². The molecule has 1 fully saturated rings. The molecule has 1 aromatic rings. The summed E-state index contributed by atoms with van der Waals surface area (Å²) in [6, 6.07) is 5.22. The fourth-order valence-corrected chi connectivity index (χ4v) is 4.87. The Balaban J connectivity index is 1.86. The lowest BCUT2D eigenvalue weighted by Crippen LogP contribution is -2.24. The van der Waals surface area contributed by atoms with Gasteiger partial charge in [-0.2, -0.15) is 0 Å². The lowest BCUT2D eigenvalue weighted by molar-refractivity contribution is -0.0224. The molecule has 1 aliphatic rings. The lowest BCUT2D eigenvalue weighted by Gasteiger charge is -2.20. The molecule has 0 bridgehead atoms. The van der Waals surface area contributed by atoms with E-state index in [-0.39, 0.29) is 23.6 Å². The molecule has 9 heteroatoms. The molecule has 1 heterocycles. The van der Waals surface area contributed by atoms with E-state index in [1.165, 1.54) is 38.5 Å². The fourth-order valence-electron chi connectivity index (χ4n) is 4.11. The number of hydrogen-bond donors (Lipinski definition) is 2. The summed E-state index contributed by atoms with van der Waals surface area (Å²) in [5, 5.41) is -0.0387. The third-order valence-electron chi connectivity index (χ3n) is 6.27. The lowest BCUT2D eigenvalue weighted by atomic mass is 10.0. The predicted molar refractivity (Wildman–Crippen MR) is 141 cm³/mol. The smallest absolute Gasteiger partial charge is 0.359 e. The number of unbranched alkanes of at least 4 members (excludes halogenated alkanes) is 7. The highest BCUT2D eigenvalue weighted by molar-refractivity contribution is 7.60. The van der Waals surface area contributed by atoms with Gasteiger partial charge in [0.25, 0.3) is 0 Å². The van der Waals surface area contributed by atoms with Crippen molar-refractivity contribution in [3.63, 3.8) is 0 Å². The minimum atomic E-state index is -4.47. The van der Waals surface area contributed by atoms with E-state index >= 15 is 0 Å². The summed E-state index contributed by atoms with van der Waals surface area (Å²) < 4.78 is 40.4. The summed E-state index contributed by atoms with van der Waals surface area (Å²) in [5.41, 5.74) is 0.934. The molecule has 1 aliphatic heterocycles. The van der Waals surface area contributed by atoms with Gasteiger partial charge in [-0.1, -0.05) is 57.9 Å². The first-order valence-corrected chi connectivity index (χ1v) is 15.2. The van der Waals surface area contributed by atoms with E-state index in [1.807, 2.05) is 6.07 Å². The molecule has 0 radical (unpaired) electrons. The van der Waals surface area contributed by atoms with Crippen molar-refractivity contribution in [2.45, 2.75) is 71.1 Å². The molecule has 0 spiro atoms. The average Bonchev–Trinajstić information content (AvgIpc) is 2.86. The van der Waals surface area contributed by atoms with Crippen molar-refractivity contribution in [3.8, 4) is 5.75 Å². The maximum atomic E-state index is 12.2. The number of aryl methyl sites for hydroxylation is 1. The van der Waals surface area contributed by atoms with Crippen LogP contribution < -0.4 is 10.0 Å². The van der Waals surface area contributed by atoms with E-state index in [2.05, 4.69) is 6.92 Å². The summed E-state index contributed by atoms with van der Waals surface area (Å²) in [7, 11) is -4.47. The molecule has 8 nitrogen and oxygen atoms in total. The second-order valence-corrected chi connectivity index (χ2v) is 11.0. The highest BCUT2D eigenvalue weighted by Crippen LogP contribution is 2.38. The van der Waals surface area contributed by atoms with Crippen molar-refractivity contribution in [2.75, 3.05) is 59.5 Å². The molecule has 2 N–H and O–H groups in total. The fraction of sp³-hybridized carbons (Fsp3) is 0.778. The molecule has 1 aromatic carbocycles. The van der Waals surface area contributed by atoms with Crippen LogP contribution in [0.4, 0.5) is 0 Å². The van der Waals surface area contributed by atoms with Crippen LogP contribution >= 0.6 is 7.60 Å². The number of benzene rings is 1. The number of rotatable bonds is 13. The third kappa shape index (κ3) is 14.1. The summed E-state index contributed by atoms with van der Waals surface area (Å²) in [6.45, 7) is 6.58. The summed E-state index contributed by atoms with van der Waals surface area (Å²) in [4.78, 5) is 19.9. The number of hydrogen-bond acceptors (Lipinski definition) is 6. The Labute approximate surface area is 217 Å². The first-order chi connectivity index (χ1) is 17.5. The van der Waals surface area contributed by atoms with Crippen LogP contribution in [0.15, 0.2) is 18.2 Å². The van der Waals surface area contributed by atoms with Gasteiger partial charge in [0.15, 0.2) is 0 Å². The van der Waals surface area contributed by atoms with Gasteiger partial charge in [-0.15, -0.1) is 0 Å². The Morgan fingerprint density at radius 3 is 2.06 bits per heavy atom. The Morgan fingerprint density at radius 2 is 1.42 bits per heavy atom. The third-order valence-corrected chi connectivity index (χ3v) is 7.25. The van der Waals surface area contributed by atoms with Gasteiger partial charge >= 0.3 is 7.60 Å². The first-order valence-electron chi connectivity index (χ1n) is 13.6. The van der Waals surface area contributed by atoms with E-state index in [0.29, 0.717) is 59.3 Å². The Hall–Kier alpha value is -0.990. The molecule has 0 saturated carbocycles. The van der Waals surface area contributed by atoms with E-state index in [9.17, 15) is 14.4 Å². The molecular formula is C27H47O8P. The molecule has 0 aliphatic carbocycles. The van der Waals surface area contributed by atoms with Crippen molar-refractivity contribution in [3.05, 3.63) is 23.8 Å². The van der Waals surface area contributed by atoms with Crippen LogP contribution in [0.2, 0.25) is 0 Å². The van der Waals surface area contributed by atoms with Gasteiger partial charge in [0.1, 0.15) is 11.1 Å². The van der Waals surface area contributed by atoms with Gasteiger partial charge in [0.2, 0.25) is 0 Å². The first kappa shape index (κ1) is 31.2. The maximum Gasteiger partial charge on any atom is 0.359 e. The SMILES string of the molecule is CCCCCCCCCCc1ccc(OCC2CCOCCOCCOCCOC2)c(P(=O)(O)O)c1. The molecule has 1 unspecified atom stereocenters. The highest BCUT2D eigenvalue weighted by Gasteiger charge is 2.24. The molecule has 1 atom stereocenters. The quantitative estimate of drug-likeness (QED) is 0.281. The van der Waals surface area contributed by atoms with E-state index in [4.69, 9.17) is 23.7 Å². The maximum absolute atomic E-state index is 12.2. The van der Waals surface area contributed by atoms with E-state index in [0.717, 1.165) is 24.8 Å². The predicted octanol–water partition coefficient (Wildman–Crippen LogP) is 4.64. The van der Waals surface area contributed by atoms with Gasteiger partial charge in [-0.25, -0.2) is 0 Å². The van der Waals surface area contributed by atoms with Gasteiger partial charge in [-0.05, 0) is 37.0 Å². The zero-order valence-corrected chi connectivity index (χ0v) is 22.9. The van der Waals surface area contributed by atoms with Crippen LogP contribution in [-0.4, -0.2) is 69.2 Å². The van der Waals surface area contributed by atoms with Gasteiger partial charge in [0.05, 0.1) is 52.9 Å². The summed E-state index contributed by atoms with van der Waals surface area (Å²) >= 11 is 0. The highest BCUT2D eigenvalue weighted by atomic mass is 31.2. The molecule has 2 rings (SSSR count). The Morgan fingerprint density at radius 1 is 0.833 bits per heavy atom. The molecule has 208 valence electrons. The minimum absolute atomic E-state index is 0.0236. The van der Waals surface area contributed by atoms with Crippen molar-refractivity contribution >= 4 is 12.9 Å². The van der Waals surface area contributed by atoms with Crippen molar-refractivity contribution in [1.29, 1.82) is 0 Å². The van der Waals surface area contributed by atoms with Crippen LogP contribution in [0.1, 0.15) is 70.3 Å². The van der Waals surface area contributed by atoms with Crippen molar-refractivity contribution in [1.82, 2.24) is 0 Å². The number of ether oxygens (including phenoxy) is 5. The second kappa shape index (κ2) is 19.1. The standard InChI is InChI=1S/C27H47O8P/c1-2-3-4-5-6-7-8-9-10-24-11-12-26(27(21-24)36(28,29)30)35-23-25-13-14-31-15-16-32-17-18-33-19-20-34-22-25/h11-12,21,25H,2-10,13-20,22-23H2,1H3,(H2,28,29,30). The van der Waals surface area contributed by atoms with E-state index in [1.54, 1.807) is 12.1 Å². The largest absolute Gasteiger partial charge is 0.492 e. The Kier molecular flexibility index (Phi) is 16.6. The van der Waals surface area contributed by atoms with Crippen LogP contribution in [0.25, 0.3) is 0 Å². The zero-order chi connectivity index (χ0) is 25.9. The monoisotopic (exact) mass is 530 g/mol. The van der Waals surface area contributed by atoms with Crippen LogP contribution in [0.3, 0.4) is 0 Å². The van der Waals surface area contributed by atoms with Crippen LogP contribution in [0.5, 0.6) is 5.75 Å². The van der Waals surface area contributed by atoms with Crippen LogP contribution in [0, 0.1) is 5.92 Å². The minimum Gasteiger partial charge on any atom is -0.492 e. The van der Waals surface area contributed by atoms with Gasteiger partial charge < -0.3 is 33.5 Å². The molecular weight excluding hydrogens is 483 g/mol. The Bertz CT molecular complexity index is 724. The molecule has 0 amide bonds. The molecule has 1 saturated heterocycles. The van der Waals surface area contributed by atoms with Crippen molar-refractivity contribution < 1.29 is 38.0 Å². The molecule has 36 heavy (non-hydrogen) atoms. The topological polar surface area (TPSA) is 104 Å². The van der Waals surface area contributed by atoms with E-state index < -0.39 is 7.60 Å².